The molecular weight excluding hydrogens is 312 g/mol. The topological polar surface area (TPSA) is 65.6 Å². The molecule has 2 unspecified atom stereocenters. The van der Waals surface area contributed by atoms with Crippen molar-refractivity contribution in [3.05, 3.63) is 24.3 Å². The number of hydrogen-bond acceptors (Lipinski definition) is 5. The lowest BCUT2D eigenvalue weighted by molar-refractivity contribution is 0.0564. The summed E-state index contributed by atoms with van der Waals surface area (Å²) in [5.74, 6) is 0. The van der Waals surface area contributed by atoms with Crippen LogP contribution in [0.5, 0.6) is 0 Å². The first-order valence-corrected chi connectivity index (χ1v) is 8.93. The second kappa shape index (κ2) is 7.53. The van der Waals surface area contributed by atoms with E-state index in [9.17, 15) is 4.79 Å². The SMILES string of the molecule is CC1NNC(C)C1Sc1ccccc1NC(=O)N1CCOCC1. The first kappa shape index (κ1) is 16.6. The molecule has 6 nitrogen and oxygen atoms in total. The maximum absolute atomic E-state index is 12.4. The van der Waals surface area contributed by atoms with Crippen molar-refractivity contribution in [2.75, 3.05) is 31.6 Å². The van der Waals surface area contributed by atoms with E-state index in [1.54, 1.807) is 16.7 Å². The maximum Gasteiger partial charge on any atom is 0.322 e. The Labute approximate surface area is 141 Å². The molecule has 0 radical (unpaired) electrons. The number of carbonyl (C=O) groups excluding carboxylic acids is 1. The Kier molecular flexibility index (Phi) is 5.42. The molecule has 2 aliphatic heterocycles. The van der Waals surface area contributed by atoms with Gasteiger partial charge in [0.05, 0.1) is 18.9 Å². The molecule has 2 atom stereocenters. The van der Waals surface area contributed by atoms with Gasteiger partial charge in [-0.25, -0.2) is 4.79 Å². The molecule has 2 fully saturated rings. The number of benzene rings is 1. The lowest BCUT2D eigenvalue weighted by Crippen LogP contribution is -2.43. The summed E-state index contributed by atoms with van der Waals surface area (Å²) in [5, 5.41) is 3.47. The van der Waals surface area contributed by atoms with Gasteiger partial charge in [0.15, 0.2) is 0 Å². The van der Waals surface area contributed by atoms with E-state index in [4.69, 9.17) is 4.74 Å². The standard InChI is InChI=1S/C16H24N4O2S/c1-11-15(12(2)19-18-11)23-14-6-4-3-5-13(14)17-16(21)20-7-9-22-10-8-20/h3-6,11-12,15,18-19H,7-10H2,1-2H3,(H,17,21). The Hall–Kier alpha value is -1.28. The van der Waals surface area contributed by atoms with E-state index in [-0.39, 0.29) is 6.03 Å². The molecule has 7 heteroatoms. The van der Waals surface area contributed by atoms with E-state index in [1.165, 1.54) is 0 Å². The quantitative estimate of drug-likeness (QED) is 0.787. The zero-order chi connectivity index (χ0) is 16.2. The molecule has 0 spiro atoms. The number of rotatable bonds is 3. The number of morpholine rings is 1. The second-order valence-electron chi connectivity index (χ2n) is 5.97. The number of nitrogens with one attached hydrogen (secondary N) is 3. The van der Waals surface area contributed by atoms with E-state index in [0.29, 0.717) is 43.6 Å². The third kappa shape index (κ3) is 3.98. The Bertz CT molecular complexity index is 541. The van der Waals surface area contributed by atoms with Gasteiger partial charge in [0, 0.05) is 35.3 Å². The van der Waals surface area contributed by atoms with Crippen LogP contribution < -0.4 is 16.2 Å². The lowest BCUT2D eigenvalue weighted by Gasteiger charge is -2.27. The predicted octanol–water partition coefficient (Wildman–Crippen LogP) is 1.90. The highest BCUT2D eigenvalue weighted by atomic mass is 32.2. The summed E-state index contributed by atoms with van der Waals surface area (Å²) in [6.07, 6.45) is 0. The Morgan fingerprint density at radius 1 is 1.22 bits per heavy atom. The molecule has 1 aromatic rings. The first-order valence-electron chi connectivity index (χ1n) is 8.05. The zero-order valence-electron chi connectivity index (χ0n) is 13.5. The minimum Gasteiger partial charge on any atom is -0.378 e. The van der Waals surface area contributed by atoms with E-state index in [1.807, 2.05) is 18.2 Å². The van der Waals surface area contributed by atoms with Gasteiger partial charge < -0.3 is 15.0 Å². The molecule has 3 rings (SSSR count). The minimum atomic E-state index is -0.0508. The van der Waals surface area contributed by atoms with E-state index in [0.717, 1.165) is 10.6 Å². The van der Waals surface area contributed by atoms with Crippen LogP contribution in [0.3, 0.4) is 0 Å². The molecule has 0 bridgehead atoms. The number of para-hydroxylation sites is 1. The summed E-state index contributed by atoms with van der Waals surface area (Å²) < 4.78 is 5.30. The highest BCUT2D eigenvalue weighted by Gasteiger charge is 2.31. The average molecular weight is 336 g/mol. The highest BCUT2D eigenvalue weighted by molar-refractivity contribution is 8.00. The molecule has 0 aliphatic carbocycles. The van der Waals surface area contributed by atoms with Crippen LogP contribution in [0.1, 0.15) is 13.8 Å². The van der Waals surface area contributed by atoms with Gasteiger partial charge in [-0.3, -0.25) is 10.9 Å². The molecule has 1 aromatic carbocycles. The summed E-state index contributed by atoms with van der Waals surface area (Å²) in [6, 6.07) is 8.69. The summed E-state index contributed by atoms with van der Waals surface area (Å²) in [5.41, 5.74) is 7.42. The number of ether oxygens (including phenoxy) is 1. The van der Waals surface area contributed by atoms with Crippen molar-refractivity contribution >= 4 is 23.5 Å². The fraction of sp³-hybridized carbons (Fsp3) is 0.562. The van der Waals surface area contributed by atoms with Crippen LogP contribution in [-0.2, 0) is 4.74 Å². The van der Waals surface area contributed by atoms with Gasteiger partial charge in [-0.2, -0.15) is 0 Å². The van der Waals surface area contributed by atoms with Crippen molar-refractivity contribution in [1.82, 2.24) is 15.8 Å². The van der Waals surface area contributed by atoms with E-state index in [2.05, 4.69) is 36.1 Å². The van der Waals surface area contributed by atoms with Gasteiger partial charge in [0.2, 0.25) is 0 Å². The van der Waals surface area contributed by atoms with Crippen LogP contribution in [0.2, 0.25) is 0 Å². The number of carbonyl (C=O) groups is 1. The Balaban J connectivity index is 1.69. The largest absolute Gasteiger partial charge is 0.378 e. The van der Waals surface area contributed by atoms with Gasteiger partial charge in [0.25, 0.3) is 0 Å². The van der Waals surface area contributed by atoms with Crippen LogP contribution in [0.4, 0.5) is 10.5 Å². The fourth-order valence-corrected chi connectivity index (χ4v) is 4.09. The fourth-order valence-electron chi connectivity index (χ4n) is 2.84. The lowest BCUT2D eigenvalue weighted by atomic mass is 10.2. The molecule has 2 saturated heterocycles. The zero-order valence-corrected chi connectivity index (χ0v) is 14.4. The molecule has 2 amide bonds. The van der Waals surface area contributed by atoms with Crippen molar-refractivity contribution in [3.8, 4) is 0 Å². The molecular formula is C16H24N4O2S. The van der Waals surface area contributed by atoms with Crippen LogP contribution in [0, 0.1) is 0 Å². The van der Waals surface area contributed by atoms with Crippen molar-refractivity contribution in [3.63, 3.8) is 0 Å². The van der Waals surface area contributed by atoms with Crippen molar-refractivity contribution in [1.29, 1.82) is 0 Å². The number of amides is 2. The van der Waals surface area contributed by atoms with Gasteiger partial charge in [0.1, 0.15) is 0 Å². The van der Waals surface area contributed by atoms with Gasteiger partial charge in [-0.15, -0.1) is 11.8 Å². The van der Waals surface area contributed by atoms with Crippen LogP contribution >= 0.6 is 11.8 Å². The van der Waals surface area contributed by atoms with E-state index >= 15 is 0 Å². The highest BCUT2D eigenvalue weighted by Crippen LogP contribution is 2.34. The number of hydrazine groups is 1. The number of thioether (sulfide) groups is 1. The van der Waals surface area contributed by atoms with Gasteiger partial charge >= 0.3 is 6.03 Å². The average Bonchev–Trinajstić information content (AvgIpc) is 2.89. The predicted molar refractivity (Wildman–Crippen MR) is 92.7 cm³/mol. The van der Waals surface area contributed by atoms with Gasteiger partial charge in [-0.1, -0.05) is 12.1 Å². The third-order valence-corrected chi connectivity index (χ3v) is 5.91. The molecule has 2 heterocycles. The molecule has 3 N–H and O–H groups in total. The van der Waals surface area contributed by atoms with Crippen molar-refractivity contribution in [2.45, 2.75) is 36.1 Å². The summed E-state index contributed by atoms with van der Waals surface area (Å²) in [7, 11) is 0. The summed E-state index contributed by atoms with van der Waals surface area (Å²) >= 11 is 1.80. The molecule has 2 aliphatic rings. The minimum absolute atomic E-state index is 0.0508. The smallest absolute Gasteiger partial charge is 0.322 e. The monoisotopic (exact) mass is 336 g/mol. The number of anilines is 1. The normalized spacial score (nSPS) is 27.9. The molecule has 126 valence electrons. The second-order valence-corrected chi connectivity index (χ2v) is 7.19. The Morgan fingerprint density at radius 2 is 1.87 bits per heavy atom. The molecule has 0 aromatic heterocycles. The van der Waals surface area contributed by atoms with E-state index < -0.39 is 0 Å². The summed E-state index contributed by atoms with van der Waals surface area (Å²) in [4.78, 5) is 15.3. The van der Waals surface area contributed by atoms with Crippen LogP contribution in [0.25, 0.3) is 0 Å². The van der Waals surface area contributed by atoms with Crippen molar-refractivity contribution < 1.29 is 9.53 Å². The number of nitrogens with zero attached hydrogens (tertiary/aromatic N) is 1. The Morgan fingerprint density at radius 3 is 2.57 bits per heavy atom. The molecule has 23 heavy (non-hydrogen) atoms. The molecule has 0 saturated carbocycles. The summed E-state index contributed by atoms with van der Waals surface area (Å²) in [6.45, 7) is 6.85. The number of urea groups is 1. The van der Waals surface area contributed by atoms with Gasteiger partial charge in [-0.05, 0) is 26.0 Å². The van der Waals surface area contributed by atoms with Crippen LogP contribution in [0.15, 0.2) is 29.2 Å². The first-order chi connectivity index (χ1) is 11.1. The van der Waals surface area contributed by atoms with Crippen molar-refractivity contribution in [2.24, 2.45) is 0 Å². The maximum atomic E-state index is 12.4. The van der Waals surface area contributed by atoms with Crippen LogP contribution in [-0.4, -0.2) is 54.6 Å². The number of hydrogen-bond donors (Lipinski definition) is 3. The third-order valence-electron chi connectivity index (χ3n) is 4.21.